The number of carbonyl (C=O) groups is 2. The number of aryl methyl sites for hydroxylation is 1. The third kappa shape index (κ3) is 4.72. The molecule has 0 saturated carbocycles. The number of carbonyl (C=O) groups excluding carboxylic acids is 2. The van der Waals surface area contributed by atoms with E-state index in [0.717, 1.165) is 0 Å². The standard InChI is InChI=1S/C14H14FN3O3/c1-9-8-12(18-21-9)17-14(20)7-6-13(19)16-11-4-2-10(15)3-5-11/h2-5,8H,6-7H2,1H3,(H,16,19)(H,17,18,20). The Kier molecular flexibility index (Phi) is 4.65. The van der Waals surface area contributed by atoms with Gasteiger partial charge in [0.1, 0.15) is 11.6 Å². The fourth-order valence-corrected chi connectivity index (χ4v) is 1.61. The first kappa shape index (κ1) is 14.7. The highest BCUT2D eigenvalue weighted by atomic mass is 19.1. The van der Waals surface area contributed by atoms with Crippen LogP contribution in [0.3, 0.4) is 0 Å². The predicted molar refractivity (Wildman–Crippen MR) is 74.1 cm³/mol. The van der Waals surface area contributed by atoms with Crippen LogP contribution in [0.15, 0.2) is 34.9 Å². The van der Waals surface area contributed by atoms with E-state index < -0.39 is 0 Å². The number of benzene rings is 1. The molecule has 7 heteroatoms. The minimum atomic E-state index is -0.379. The van der Waals surface area contributed by atoms with Crippen LogP contribution in [0.1, 0.15) is 18.6 Å². The Balaban J connectivity index is 1.75. The van der Waals surface area contributed by atoms with E-state index in [4.69, 9.17) is 4.52 Å². The zero-order valence-corrected chi connectivity index (χ0v) is 11.4. The second kappa shape index (κ2) is 6.65. The fourth-order valence-electron chi connectivity index (χ4n) is 1.61. The molecule has 0 atom stereocenters. The minimum absolute atomic E-state index is 0.0128. The van der Waals surface area contributed by atoms with Gasteiger partial charge in [0.2, 0.25) is 11.8 Å². The first-order valence-corrected chi connectivity index (χ1v) is 6.31. The lowest BCUT2D eigenvalue weighted by Gasteiger charge is -2.05. The maximum Gasteiger partial charge on any atom is 0.226 e. The summed E-state index contributed by atoms with van der Waals surface area (Å²) in [6, 6.07) is 6.97. The number of nitrogens with zero attached hydrogens (tertiary/aromatic N) is 1. The van der Waals surface area contributed by atoms with Crippen LogP contribution in [-0.2, 0) is 9.59 Å². The zero-order valence-electron chi connectivity index (χ0n) is 11.4. The Morgan fingerprint density at radius 1 is 1.14 bits per heavy atom. The fraction of sp³-hybridized carbons (Fsp3) is 0.214. The molecule has 0 aliphatic heterocycles. The number of anilines is 2. The van der Waals surface area contributed by atoms with Crippen molar-refractivity contribution in [2.24, 2.45) is 0 Å². The molecule has 1 aromatic carbocycles. The molecule has 2 N–H and O–H groups in total. The van der Waals surface area contributed by atoms with E-state index in [1.54, 1.807) is 13.0 Å². The van der Waals surface area contributed by atoms with Gasteiger partial charge in [-0.05, 0) is 31.2 Å². The molecular weight excluding hydrogens is 277 g/mol. The third-order valence-corrected chi connectivity index (χ3v) is 2.60. The van der Waals surface area contributed by atoms with Crippen molar-refractivity contribution in [3.05, 3.63) is 41.9 Å². The molecule has 0 aliphatic rings. The van der Waals surface area contributed by atoms with Gasteiger partial charge < -0.3 is 15.2 Å². The molecule has 1 heterocycles. The van der Waals surface area contributed by atoms with Gasteiger partial charge in [0.15, 0.2) is 5.82 Å². The Labute approximate surface area is 120 Å². The maximum absolute atomic E-state index is 12.7. The Morgan fingerprint density at radius 2 is 1.76 bits per heavy atom. The Morgan fingerprint density at radius 3 is 2.33 bits per heavy atom. The third-order valence-electron chi connectivity index (χ3n) is 2.60. The predicted octanol–water partition coefficient (Wildman–Crippen LogP) is 2.48. The molecular formula is C14H14FN3O3. The lowest BCUT2D eigenvalue weighted by molar-refractivity contribution is -0.121. The van der Waals surface area contributed by atoms with E-state index in [9.17, 15) is 14.0 Å². The normalized spacial score (nSPS) is 10.2. The Bertz CT molecular complexity index is 637. The van der Waals surface area contributed by atoms with Gasteiger partial charge in [0.25, 0.3) is 0 Å². The van der Waals surface area contributed by atoms with Crippen molar-refractivity contribution in [2.45, 2.75) is 19.8 Å². The smallest absolute Gasteiger partial charge is 0.226 e. The molecule has 0 aliphatic carbocycles. The average Bonchev–Trinajstić information content (AvgIpc) is 2.84. The molecule has 2 amide bonds. The van der Waals surface area contributed by atoms with Crippen LogP contribution in [-0.4, -0.2) is 17.0 Å². The zero-order chi connectivity index (χ0) is 15.2. The van der Waals surface area contributed by atoms with E-state index in [-0.39, 0.29) is 30.5 Å². The van der Waals surface area contributed by atoms with Gasteiger partial charge in [0, 0.05) is 24.6 Å². The summed E-state index contributed by atoms with van der Waals surface area (Å²) in [5, 5.41) is 8.70. The van der Waals surface area contributed by atoms with Gasteiger partial charge in [-0.3, -0.25) is 9.59 Å². The molecule has 0 unspecified atom stereocenters. The van der Waals surface area contributed by atoms with Crippen molar-refractivity contribution in [3.63, 3.8) is 0 Å². The number of nitrogens with one attached hydrogen (secondary N) is 2. The van der Waals surface area contributed by atoms with E-state index in [2.05, 4.69) is 15.8 Å². The van der Waals surface area contributed by atoms with Gasteiger partial charge in [0.05, 0.1) is 0 Å². The first-order valence-electron chi connectivity index (χ1n) is 6.31. The van der Waals surface area contributed by atoms with Gasteiger partial charge >= 0.3 is 0 Å². The van der Waals surface area contributed by atoms with Crippen LogP contribution in [0, 0.1) is 12.7 Å². The highest BCUT2D eigenvalue weighted by Gasteiger charge is 2.09. The van der Waals surface area contributed by atoms with E-state index in [0.29, 0.717) is 17.3 Å². The highest BCUT2D eigenvalue weighted by molar-refractivity contribution is 5.96. The minimum Gasteiger partial charge on any atom is -0.360 e. The molecule has 0 radical (unpaired) electrons. The van der Waals surface area contributed by atoms with Crippen LogP contribution < -0.4 is 10.6 Å². The number of hydrogen-bond acceptors (Lipinski definition) is 4. The largest absolute Gasteiger partial charge is 0.360 e. The highest BCUT2D eigenvalue weighted by Crippen LogP contribution is 2.10. The number of amides is 2. The van der Waals surface area contributed by atoms with Crippen molar-refractivity contribution in [2.75, 3.05) is 10.6 Å². The molecule has 0 bridgehead atoms. The molecule has 2 aromatic rings. The number of rotatable bonds is 5. The van der Waals surface area contributed by atoms with Crippen LogP contribution >= 0.6 is 0 Å². The maximum atomic E-state index is 12.7. The van der Waals surface area contributed by atoms with E-state index in [1.165, 1.54) is 24.3 Å². The summed E-state index contributed by atoms with van der Waals surface area (Å²) in [5.41, 5.74) is 0.480. The monoisotopic (exact) mass is 291 g/mol. The summed E-state index contributed by atoms with van der Waals surface area (Å²) >= 11 is 0. The van der Waals surface area contributed by atoms with Crippen LogP contribution in [0.4, 0.5) is 15.9 Å². The van der Waals surface area contributed by atoms with Gasteiger partial charge in [-0.25, -0.2) is 4.39 Å². The van der Waals surface area contributed by atoms with Crippen molar-refractivity contribution in [1.29, 1.82) is 0 Å². The second-order valence-corrected chi connectivity index (χ2v) is 4.43. The molecule has 2 rings (SSSR count). The molecule has 110 valence electrons. The van der Waals surface area contributed by atoms with Crippen LogP contribution in [0.2, 0.25) is 0 Å². The van der Waals surface area contributed by atoms with Crippen molar-refractivity contribution in [1.82, 2.24) is 5.16 Å². The summed E-state index contributed by atoms with van der Waals surface area (Å²) < 4.78 is 17.5. The molecule has 0 fully saturated rings. The van der Waals surface area contributed by atoms with Crippen LogP contribution in [0.25, 0.3) is 0 Å². The molecule has 0 spiro atoms. The summed E-state index contributed by atoms with van der Waals surface area (Å²) in [4.78, 5) is 23.2. The van der Waals surface area contributed by atoms with E-state index >= 15 is 0 Å². The molecule has 1 aromatic heterocycles. The summed E-state index contributed by atoms with van der Waals surface area (Å²) in [6.45, 7) is 1.71. The molecule has 0 saturated heterocycles. The number of halogens is 1. The quantitative estimate of drug-likeness (QED) is 0.886. The SMILES string of the molecule is Cc1cc(NC(=O)CCC(=O)Nc2ccc(F)cc2)no1. The number of hydrogen-bond donors (Lipinski definition) is 2. The van der Waals surface area contributed by atoms with Crippen molar-refractivity contribution in [3.8, 4) is 0 Å². The Hall–Kier alpha value is -2.70. The van der Waals surface area contributed by atoms with Crippen LogP contribution in [0.5, 0.6) is 0 Å². The molecule has 6 nitrogen and oxygen atoms in total. The summed E-state index contributed by atoms with van der Waals surface area (Å²) in [5.74, 6) is -0.142. The summed E-state index contributed by atoms with van der Waals surface area (Å²) in [7, 11) is 0. The lowest BCUT2D eigenvalue weighted by Crippen LogP contribution is -2.17. The second-order valence-electron chi connectivity index (χ2n) is 4.43. The van der Waals surface area contributed by atoms with E-state index in [1.807, 2.05) is 0 Å². The number of aromatic nitrogens is 1. The van der Waals surface area contributed by atoms with Gasteiger partial charge in [-0.1, -0.05) is 5.16 Å². The van der Waals surface area contributed by atoms with Crippen molar-refractivity contribution < 1.29 is 18.5 Å². The van der Waals surface area contributed by atoms with Gasteiger partial charge in [-0.2, -0.15) is 0 Å². The topological polar surface area (TPSA) is 84.2 Å². The van der Waals surface area contributed by atoms with Gasteiger partial charge in [-0.15, -0.1) is 0 Å². The average molecular weight is 291 g/mol. The molecule has 21 heavy (non-hydrogen) atoms. The van der Waals surface area contributed by atoms with Crippen molar-refractivity contribution >= 4 is 23.3 Å². The summed E-state index contributed by atoms with van der Waals surface area (Å²) in [6.07, 6.45) is 0.0268. The first-order chi connectivity index (χ1) is 10.0. The lowest BCUT2D eigenvalue weighted by atomic mass is 10.2.